The van der Waals surface area contributed by atoms with E-state index < -0.39 is 11.7 Å². The van der Waals surface area contributed by atoms with Gasteiger partial charge in [0.25, 0.3) is 0 Å². The Morgan fingerprint density at radius 3 is 2.67 bits per heavy atom. The number of ketones is 1. The molecule has 1 unspecified atom stereocenters. The van der Waals surface area contributed by atoms with E-state index in [1.165, 1.54) is 13.0 Å². The highest BCUT2D eigenvalue weighted by Gasteiger charge is 2.20. The van der Waals surface area contributed by atoms with E-state index in [1.54, 1.807) is 18.2 Å². The lowest BCUT2D eigenvalue weighted by Crippen LogP contribution is -2.25. The number of Topliss-reactive ketones (excluding diaryl/α,β-unsaturated/α-hetero) is 1. The highest BCUT2D eigenvalue weighted by molar-refractivity contribution is 6.42. The van der Waals surface area contributed by atoms with Crippen molar-refractivity contribution in [2.75, 3.05) is 6.61 Å². The van der Waals surface area contributed by atoms with Crippen molar-refractivity contribution in [1.82, 2.24) is 0 Å². The lowest BCUT2D eigenvalue weighted by Gasteiger charge is -2.09. The summed E-state index contributed by atoms with van der Waals surface area (Å²) in [6.07, 6.45) is 0. The monoisotopic (exact) mass is 284 g/mol. The van der Waals surface area contributed by atoms with Gasteiger partial charge in [-0.05, 0) is 19.1 Å². The number of nitriles is 1. The highest BCUT2D eigenvalue weighted by Crippen LogP contribution is 2.26. The molecule has 1 N–H and O–H groups in total. The second-order valence-electron chi connectivity index (χ2n) is 3.58. The third-order valence-corrected chi connectivity index (χ3v) is 2.90. The maximum atomic E-state index is 11.6. The van der Waals surface area contributed by atoms with Crippen LogP contribution in [0.4, 0.5) is 0 Å². The molecule has 1 aromatic rings. The van der Waals surface area contributed by atoms with E-state index in [9.17, 15) is 4.79 Å². The quantitative estimate of drug-likeness (QED) is 0.844. The number of carbonyl (C=O) groups excluding carboxylic acids is 1. The fourth-order valence-electron chi connectivity index (χ4n) is 1.21. The Morgan fingerprint density at radius 1 is 1.50 bits per heavy atom. The molecule has 4 nitrogen and oxygen atoms in total. The first-order chi connectivity index (χ1) is 8.45. The number of carbonyl (C=O) groups is 1. The molecule has 0 saturated heterocycles. The van der Waals surface area contributed by atoms with Crippen molar-refractivity contribution in [3.8, 4) is 11.8 Å². The molecule has 6 heteroatoms. The molecule has 1 rings (SSSR count). The molecule has 0 aliphatic carbocycles. The molecule has 0 heterocycles. The van der Waals surface area contributed by atoms with Crippen LogP contribution in [0.5, 0.6) is 5.75 Å². The van der Waals surface area contributed by atoms with Gasteiger partial charge in [-0.15, -0.1) is 0 Å². The first-order valence-electron chi connectivity index (χ1n) is 5.01. The van der Waals surface area contributed by atoms with Gasteiger partial charge in [-0.25, -0.2) is 0 Å². The minimum absolute atomic E-state index is 0.000221. The van der Waals surface area contributed by atoms with Gasteiger partial charge in [0, 0.05) is 11.8 Å². The van der Waals surface area contributed by atoms with Crippen molar-refractivity contribution >= 4 is 34.7 Å². The average Bonchev–Trinajstić information content (AvgIpc) is 2.31. The summed E-state index contributed by atoms with van der Waals surface area (Å²) in [5, 5.41) is 16.7. The Bertz CT molecular complexity index is 523. The molecular weight excluding hydrogens is 275 g/mol. The summed E-state index contributed by atoms with van der Waals surface area (Å²) in [4.78, 5) is 11.6. The van der Waals surface area contributed by atoms with Gasteiger partial charge in [-0.3, -0.25) is 4.79 Å². The maximum absolute atomic E-state index is 11.6. The molecule has 94 valence electrons. The van der Waals surface area contributed by atoms with E-state index in [2.05, 4.69) is 0 Å². The van der Waals surface area contributed by atoms with Crippen LogP contribution in [0, 0.1) is 22.7 Å². The van der Waals surface area contributed by atoms with Crippen LogP contribution in [-0.4, -0.2) is 18.1 Å². The third kappa shape index (κ3) is 3.73. The van der Waals surface area contributed by atoms with Crippen molar-refractivity contribution in [3.05, 3.63) is 28.2 Å². The Kier molecular flexibility index (Phi) is 5.14. The van der Waals surface area contributed by atoms with Crippen LogP contribution in [0.25, 0.3) is 0 Å². The summed E-state index contributed by atoms with van der Waals surface area (Å²) in [7, 11) is 0. The number of ether oxygens (including phenoxy) is 1. The average molecular weight is 285 g/mol. The van der Waals surface area contributed by atoms with Crippen LogP contribution < -0.4 is 4.74 Å². The molecule has 1 aromatic carbocycles. The van der Waals surface area contributed by atoms with E-state index in [-0.39, 0.29) is 12.3 Å². The molecule has 0 saturated carbocycles. The molecule has 0 aliphatic rings. The van der Waals surface area contributed by atoms with Crippen LogP contribution in [0.15, 0.2) is 18.2 Å². The summed E-state index contributed by atoms with van der Waals surface area (Å²) >= 11 is 11.5. The summed E-state index contributed by atoms with van der Waals surface area (Å²) in [5.41, 5.74) is 0.000221. The Hall–Kier alpha value is -1.57. The van der Waals surface area contributed by atoms with Gasteiger partial charge < -0.3 is 10.1 Å². The van der Waals surface area contributed by atoms with Crippen molar-refractivity contribution in [3.63, 3.8) is 0 Å². The van der Waals surface area contributed by atoms with Gasteiger partial charge in [0.1, 0.15) is 18.3 Å². The van der Waals surface area contributed by atoms with Gasteiger partial charge in [0.2, 0.25) is 0 Å². The van der Waals surface area contributed by atoms with E-state index in [4.69, 9.17) is 38.6 Å². The van der Waals surface area contributed by atoms with Crippen LogP contribution in [0.3, 0.4) is 0 Å². The molecule has 1 atom stereocenters. The standard InChI is InChI=1S/C12H10Cl2N2O2/c1-7(16)9(5-15)12(17)6-18-8-2-3-10(13)11(14)4-8/h2-4,9,16H,6H2,1H3. The summed E-state index contributed by atoms with van der Waals surface area (Å²) < 4.78 is 5.20. The fourth-order valence-corrected chi connectivity index (χ4v) is 1.50. The minimum Gasteiger partial charge on any atom is -0.486 e. The Balaban J connectivity index is 2.65. The van der Waals surface area contributed by atoms with Crippen molar-refractivity contribution in [2.45, 2.75) is 6.92 Å². The van der Waals surface area contributed by atoms with Gasteiger partial charge >= 0.3 is 0 Å². The predicted molar refractivity (Wildman–Crippen MR) is 69.5 cm³/mol. The second-order valence-corrected chi connectivity index (χ2v) is 4.39. The summed E-state index contributed by atoms with van der Waals surface area (Å²) in [5.74, 6) is -1.14. The third-order valence-electron chi connectivity index (χ3n) is 2.16. The van der Waals surface area contributed by atoms with E-state index >= 15 is 0 Å². The van der Waals surface area contributed by atoms with Crippen LogP contribution >= 0.6 is 23.2 Å². The molecule has 0 radical (unpaired) electrons. The summed E-state index contributed by atoms with van der Waals surface area (Å²) in [6.45, 7) is 1.12. The lowest BCUT2D eigenvalue weighted by atomic mass is 10.0. The Labute approximate surface area is 115 Å². The van der Waals surface area contributed by atoms with Crippen LogP contribution in [0.1, 0.15) is 6.92 Å². The zero-order chi connectivity index (χ0) is 13.7. The zero-order valence-corrected chi connectivity index (χ0v) is 11.0. The zero-order valence-electron chi connectivity index (χ0n) is 9.54. The topological polar surface area (TPSA) is 73.9 Å². The number of hydrogen-bond acceptors (Lipinski definition) is 4. The highest BCUT2D eigenvalue weighted by atomic mass is 35.5. The second kappa shape index (κ2) is 6.39. The molecule has 0 amide bonds. The molecule has 0 bridgehead atoms. The molecule has 18 heavy (non-hydrogen) atoms. The molecule has 0 fully saturated rings. The van der Waals surface area contributed by atoms with Crippen molar-refractivity contribution in [2.24, 2.45) is 5.92 Å². The molecule has 0 spiro atoms. The van der Waals surface area contributed by atoms with Crippen molar-refractivity contribution in [1.29, 1.82) is 10.7 Å². The number of halogens is 2. The normalized spacial score (nSPS) is 11.4. The number of nitrogens with one attached hydrogen (secondary N) is 1. The van der Waals surface area contributed by atoms with Crippen LogP contribution in [0.2, 0.25) is 10.0 Å². The first kappa shape index (κ1) is 14.5. The number of rotatable bonds is 5. The van der Waals surface area contributed by atoms with E-state index in [0.717, 1.165) is 0 Å². The summed E-state index contributed by atoms with van der Waals surface area (Å²) in [6, 6.07) is 6.36. The molecule has 0 aromatic heterocycles. The van der Waals surface area contributed by atoms with Gasteiger partial charge in [-0.1, -0.05) is 23.2 Å². The van der Waals surface area contributed by atoms with Gasteiger partial charge in [-0.2, -0.15) is 5.26 Å². The van der Waals surface area contributed by atoms with E-state index in [1.807, 2.05) is 0 Å². The largest absolute Gasteiger partial charge is 0.486 e. The van der Waals surface area contributed by atoms with Crippen molar-refractivity contribution < 1.29 is 9.53 Å². The number of benzene rings is 1. The Morgan fingerprint density at radius 2 is 2.17 bits per heavy atom. The van der Waals surface area contributed by atoms with Crippen LogP contribution in [-0.2, 0) is 4.79 Å². The predicted octanol–water partition coefficient (Wildman–Crippen LogP) is 3.12. The minimum atomic E-state index is -1.06. The van der Waals surface area contributed by atoms with Gasteiger partial charge in [0.05, 0.1) is 16.1 Å². The van der Waals surface area contributed by atoms with E-state index in [0.29, 0.717) is 15.8 Å². The fraction of sp³-hybridized carbons (Fsp3) is 0.250. The number of hydrogen-bond donors (Lipinski definition) is 1. The number of nitrogens with zero attached hydrogens (tertiary/aromatic N) is 1. The maximum Gasteiger partial charge on any atom is 0.192 e. The molecular formula is C12H10Cl2N2O2. The smallest absolute Gasteiger partial charge is 0.192 e. The van der Waals surface area contributed by atoms with Gasteiger partial charge in [0.15, 0.2) is 5.78 Å². The lowest BCUT2D eigenvalue weighted by molar-refractivity contribution is -0.121. The molecule has 0 aliphatic heterocycles. The SMILES string of the molecule is CC(=N)C(C#N)C(=O)COc1ccc(Cl)c(Cl)c1. The first-order valence-corrected chi connectivity index (χ1v) is 5.76.